The fourth-order valence-corrected chi connectivity index (χ4v) is 4.43. The van der Waals surface area contributed by atoms with Gasteiger partial charge in [-0.15, -0.1) is 0 Å². The molecule has 0 unspecified atom stereocenters. The Hall–Kier alpha value is -1.63. The normalized spacial score (nSPS) is 33.9. The number of nitrogens with one attached hydrogen (secondary N) is 1. The summed E-state index contributed by atoms with van der Waals surface area (Å²) in [4.78, 5) is 43.1. The third-order valence-corrected chi connectivity index (χ3v) is 6.40. The molecule has 4 amide bonds. The van der Waals surface area contributed by atoms with Crippen LogP contribution in [0, 0.1) is 5.92 Å². The highest BCUT2D eigenvalue weighted by atomic mass is 16.2. The Bertz CT molecular complexity index is 573. The van der Waals surface area contributed by atoms with E-state index in [4.69, 9.17) is 0 Å². The van der Waals surface area contributed by atoms with E-state index in [-0.39, 0.29) is 18.4 Å². The van der Waals surface area contributed by atoms with Crippen molar-refractivity contribution >= 4 is 17.8 Å². The lowest BCUT2D eigenvalue weighted by Gasteiger charge is -2.35. The molecule has 25 heavy (non-hydrogen) atoms. The van der Waals surface area contributed by atoms with Crippen molar-refractivity contribution in [2.24, 2.45) is 5.92 Å². The van der Waals surface area contributed by atoms with E-state index in [0.29, 0.717) is 31.8 Å². The van der Waals surface area contributed by atoms with E-state index in [1.807, 2.05) is 0 Å². The van der Waals surface area contributed by atoms with Crippen LogP contribution in [0.15, 0.2) is 0 Å². The van der Waals surface area contributed by atoms with Crippen molar-refractivity contribution < 1.29 is 14.4 Å². The van der Waals surface area contributed by atoms with Crippen LogP contribution in [0.5, 0.6) is 0 Å². The second-order valence-corrected chi connectivity index (χ2v) is 8.23. The molecule has 0 aromatic heterocycles. The van der Waals surface area contributed by atoms with Crippen LogP contribution < -0.4 is 5.32 Å². The lowest BCUT2D eigenvalue weighted by Crippen LogP contribution is -2.53. The van der Waals surface area contributed by atoms with Gasteiger partial charge in [0, 0.05) is 32.2 Å². The number of imide groups is 1. The third-order valence-electron chi connectivity index (χ3n) is 6.40. The Morgan fingerprint density at radius 2 is 1.72 bits per heavy atom. The quantitative estimate of drug-likeness (QED) is 0.766. The molecular weight excluding hydrogens is 320 g/mol. The number of urea groups is 1. The van der Waals surface area contributed by atoms with Crippen LogP contribution in [0.3, 0.4) is 0 Å². The van der Waals surface area contributed by atoms with E-state index in [1.54, 1.807) is 4.90 Å². The number of amides is 4. The summed E-state index contributed by atoms with van der Waals surface area (Å²) in [5, 5.41) is 2.89. The van der Waals surface area contributed by atoms with Crippen molar-refractivity contribution in [3.05, 3.63) is 0 Å². The van der Waals surface area contributed by atoms with Gasteiger partial charge in [0.15, 0.2) is 0 Å². The molecule has 4 fully saturated rings. The van der Waals surface area contributed by atoms with Gasteiger partial charge < -0.3 is 10.2 Å². The SMILES string of the molecule is CC1CCC2(CC1)NC(=O)N(CC(=O)N1CCN(C3CC3)CC1)C2=O. The largest absolute Gasteiger partial charge is 0.339 e. The van der Waals surface area contributed by atoms with Crippen molar-refractivity contribution in [1.29, 1.82) is 0 Å². The number of carbonyl (C=O) groups is 3. The standard InChI is InChI=1S/C18H28N4O3/c1-13-4-6-18(7-5-13)16(24)22(17(25)19-18)12-15(23)21-10-8-20(9-11-21)14-2-3-14/h13-14H,2-12H2,1H3,(H,19,25). The van der Waals surface area contributed by atoms with E-state index in [9.17, 15) is 14.4 Å². The van der Waals surface area contributed by atoms with Crippen molar-refractivity contribution in [3.8, 4) is 0 Å². The second-order valence-electron chi connectivity index (χ2n) is 8.23. The maximum Gasteiger partial charge on any atom is 0.325 e. The molecule has 2 aliphatic carbocycles. The molecule has 0 aromatic rings. The first-order valence-electron chi connectivity index (χ1n) is 9.64. The molecule has 4 rings (SSSR count). The maximum absolute atomic E-state index is 12.8. The van der Waals surface area contributed by atoms with Gasteiger partial charge in [0.25, 0.3) is 5.91 Å². The van der Waals surface area contributed by atoms with E-state index < -0.39 is 11.6 Å². The minimum Gasteiger partial charge on any atom is -0.339 e. The first-order valence-corrected chi connectivity index (χ1v) is 9.64. The predicted molar refractivity (Wildman–Crippen MR) is 91.8 cm³/mol. The fraction of sp³-hybridized carbons (Fsp3) is 0.833. The average Bonchev–Trinajstić information content (AvgIpc) is 3.43. The van der Waals surface area contributed by atoms with Crippen molar-refractivity contribution in [3.63, 3.8) is 0 Å². The van der Waals surface area contributed by atoms with Crippen molar-refractivity contribution in [2.75, 3.05) is 32.7 Å². The minimum absolute atomic E-state index is 0.111. The number of rotatable bonds is 3. The average molecular weight is 348 g/mol. The molecule has 2 heterocycles. The highest BCUT2D eigenvalue weighted by molar-refractivity contribution is 6.09. The van der Waals surface area contributed by atoms with Crippen LogP contribution in [0.4, 0.5) is 4.79 Å². The Balaban J connectivity index is 1.35. The van der Waals surface area contributed by atoms with Crippen LogP contribution >= 0.6 is 0 Å². The zero-order valence-electron chi connectivity index (χ0n) is 15.0. The van der Waals surface area contributed by atoms with E-state index in [2.05, 4.69) is 17.1 Å². The smallest absolute Gasteiger partial charge is 0.325 e. The van der Waals surface area contributed by atoms with Gasteiger partial charge >= 0.3 is 6.03 Å². The molecule has 0 radical (unpaired) electrons. The molecule has 2 saturated carbocycles. The molecule has 0 bridgehead atoms. The molecule has 7 nitrogen and oxygen atoms in total. The molecule has 1 N–H and O–H groups in total. The molecule has 2 aliphatic heterocycles. The molecule has 1 spiro atoms. The van der Waals surface area contributed by atoms with Gasteiger partial charge in [-0.2, -0.15) is 0 Å². The van der Waals surface area contributed by atoms with Gasteiger partial charge in [0.05, 0.1) is 0 Å². The topological polar surface area (TPSA) is 73.0 Å². The predicted octanol–water partition coefficient (Wildman–Crippen LogP) is 0.794. The van der Waals surface area contributed by atoms with E-state index in [1.165, 1.54) is 12.8 Å². The van der Waals surface area contributed by atoms with E-state index >= 15 is 0 Å². The van der Waals surface area contributed by atoms with Crippen LogP contribution in [0.25, 0.3) is 0 Å². The Labute approximate surface area is 148 Å². The summed E-state index contributed by atoms with van der Waals surface area (Å²) in [7, 11) is 0. The second kappa shape index (κ2) is 6.27. The molecule has 138 valence electrons. The first kappa shape index (κ1) is 16.8. The summed E-state index contributed by atoms with van der Waals surface area (Å²) in [5.74, 6) is 0.281. The Morgan fingerprint density at radius 3 is 2.32 bits per heavy atom. The summed E-state index contributed by atoms with van der Waals surface area (Å²) < 4.78 is 0. The Morgan fingerprint density at radius 1 is 1.08 bits per heavy atom. The highest BCUT2D eigenvalue weighted by Crippen LogP contribution is 2.36. The summed E-state index contributed by atoms with van der Waals surface area (Å²) >= 11 is 0. The van der Waals surface area contributed by atoms with Crippen molar-refractivity contribution in [2.45, 2.75) is 57.0 Å². The minimum atomic E-state index is -0.755. The summed E-state index contributed by atoms with van der Waals surface area (Å²) in [6, 6.07) is 0.321. The van der Waals surface area contributed by atoms with Crippen molar-refractivity contribution in [1.82, 2.24) is 20.0 Å². The highest BCUT2D eigenvalue weighted by Gasteiger charge is 2.52. The molecule has 2 saturated heterocycles. The Kier molecular flexibility index (Phi) is 4.22. The maximum atomic E-state index is 12.8. The van der Waals surface area contributed by atoms with Crippen LogP contribution in [-0.4, -0.2) is 76.8 Å². The lowest BCUT2D eigenvalue weighted by molar-refractivity contribution is -0.140. The zero-order valence-corrected chi connectivity index (χ0v) is 15.0. The van der Waals surface area contributed by atoms with Crippen LogP contribution in [0.2, 0.25) is 0 Å². The van der Waals surface area contributed by atoms with Gasteiger partial charge in [-0.3, -0.25) is 19.4 Å². The monoisotopic (exact) mass is 348 g/mol. The van der Waals surface area contributed by atoms with Crippen LogP contribution in [0.1, 0.15) is 45.4 Å². The molecule has 4 aliphatic rings. The van der Waals surface area contributed by atoms with Gasteiger partial charge in [0.2, 0.25) is 5.91 Å². The number of nitrogens with zero attached hydrogens (tertiary/aromatic N) is 3. The first-order chi connectivity index (χ1) is 12.0. The number of carbonyl (C=O) groups excluding carboxylic acids is 3. The molecule has 0 aromatic carbocycles. The summed E-state index contributed by atoms with van der Waals surface area (Å²) in [6.45, 7) is 5.25. The molecule has 7 heteroatoms. The van der Waals surface area contributed by atoms with Gasteiger partial charge in [0.1, 0.15) is 12.1 Å². The lowest BCUT2D eigenvalue weighted by atomic mass is 9.77. The zero-order chi connectivity index (χ0) is 17.6. The molecule has 0 atom stereocenters. The molecular formula is C18H28N4O3. The number of hydrogen-bond donors (Lipinski definition) is 1. The summed E-state index contributed by atoms with van der Waals surface area (Å²) in [6.07, 6.45) is 5.80. The van der Waals surface area contributed by atoms with Gasteiger partial charge in [-0.1, -0.05) is 6.92 Å². The van der Waals surface area contributed by atoms with Gasteiger partial charge in [-0.25, -0.2) is 4.79 Å². The summed E-state index contributed by atoms with van der Waals surface area (Å²) in [5.41, 5.74) is -0.755. The van der Waals surface area contributed by atoms with E-state index in [0.717, 1.165) is 36.9 Å². The third kappa shape index (κ3) is 3.14. The van der Waals surface area contributed by atoms with Gasteiger partial charge in [-0.05, 0) is 44.4 Å². The van der Waals surface area contributed by atoms with Crippen LogP contribution in [-0.2, 0) is 9.59 Å². The number of hydrogen-bond acceptors (Lipinski definition) is 4. The number of piperazine rings is 1. The fourth-order valence-electron chi connectivity index (χ4n) is 4.43.